The largest absolute Gasteiger partial charge is 0.242 e. The summed E-state index contributed by atoms with van der Waals surface area (Å²) in [6.45, 7) is 0.457. The molecule has 0 heterocycles. The van der Waals surface area contributed by atoms with E-state index in [1.165, 1.54) is 4.31 Å². The summed E-state index contributed by atoms with van der Waals surface area (Å²) in [5.41, 5.74) is 1.11. The maximum Gasteiger partial charge on any atom is 0.242 e. The Labute approximate surface area is 128 Å². The van der Waals surface area contributed by atoms with Crippen molar-refractivity contribution in [3.8, 4) is 0 Å². The molecule has 2 rings (SSSR count). The molecule has 0 saturated heterocycles. The minimum atomic E-state index is -3.39. The van der Waals surface area contributed by atoms with Crippen molar-refractivity contribution in [2.75, 3.05) is 13.6 Å². The van der Waals surface area contributed by atoms with Gasteiger partial charge in [-0.2, -0.15) is 0 Å². The van der Waals surface area contributed by atoms with Crippen LogP contribution in [0.5, 0.6) is 0 Å². The molecule has 106 valence electrons. The lowest BCUT2D eigenvalue weighted by Gasteiger charge is -2.17. The van der Waals surface area contributed by atoms with Gasteiger partial charge in [-0.3, -0.25) is 0 Å². The van der Waals surface area contributed by atoms with Crippen molar-refractivity contribution in [2.24, 2.45) is 0 Å². The lowest BCUT2D eigenvalue weighted by atomic mass is 10.1. The fraction of sp³-hybridized carbons (Fsp3) is 0.200. The van der Waals surface area contributed by atoms with Crippen LogP contribution in [0.15, 0.2) is 64.0 Å². The molecule has 0 amide bonds. The number of sulfonamides is 1. The number of benzene rings is 2. The van der Waals surface area contributed by atoms with Crippen LogP contribution in [0.1, 0.15) is 5.56 Å². The molecule has 0 bridgehead atoms. The van der Waals surface area contributed by atoms with Crippen LogP contribution in [0.2, 0.25) is 0 Å². The molecule has 0 N–H and O–H groups in total. The van der Waals surface area contributed by atoms with E-state index < -0.39 is 10.0 Å². The summed E-state index contributed by atoms with van der Waals surface area (Å²) in [5.74, 6) is 0. The SMILES string of the molecule is CN(CCc1ccc(Br)cc1)S(=O)(=O)c1ccccc1. The Kier molecular flexibility index (Phi) is 4.96. The standard InChI is InChI=1S/C15H16BrNO2S/c1-17(12-11-13-7-9-14(16)10-8-13)20(18,19)15-5-3-2-4-6-15/h2-10H,11-12H2,1H3. The first-order valence-electron chi connectivity index (χ1n) is 6.26. The van der Waals surface area contributed by atoms with Crippen molar-refractivity contribution in [3.05, 3.63) is 64.6 Å². The van der Waals surface area contributed by atoms with Crippen molar-refractivity contribution in [3.63, 3.8) is 0 Å². The Bertz CT molecular complexity index is 654. The van der Waals surface area contributed by atoms with Crippen LogP contribution in [0, 0.1) is 0 Å². The predicted octanol–water partition coefficient (Wildman–Crippen LogP) is 3.31. The van der Waals surface area contributed by atoms with Crippen LogP contribution < -0.4 is 0 Å². The molecule has 0 spiro atoms. The van der Waals surface area contributed by atoms with Crippen LogP contribution in [-0.4, -0.2) is 26.3 Å². The van der Waals surface area contributed by atoms with E-state index in [1.54, 1.807) is 37.4 Å². The average Bonchev–Trinajstić information content (AvgIpc) is 2.47. The molecule has 0 aliphatic carbocycles. The Hall–Kier alpha value is -1.17. The molecule has 2 aromatic carbocycles. The zero-order chi connectivity index (χ0) is 14.6. The van der Waals surface area contributed by atoms with Gasteiger partial charge in [0, 0.05) is 18.1 Å². The lowest BCUT2D eigenvalue weighted by molar-refractivity contribution is 0.472. The third-order valence-electron chi connectivity index (χ3n) is 3.08. The summed E-state index contributed by atoms with van der Waals surface area (Å²) in [6.07, 6.45) is 0.690. The van der Waals surface area contributed by atoms with Gasteiger partial charge in [0.2, 0.25) is 10.0 Å². The highest BCUT2D eigenvalue weighted by atomic mass is 79.9. The molecule has 0 fully saturated rings. The van der Waals surface area contributed by atoms with Crippen molar-refractivity contribution in [1.29, 1.82) is 0 Å². The second-order valence-electron chi connectivity index (χ2n) is 4.52. The molecule has 5 heteroatoms. The fourth-order valence-corrected chi connectivity index (χ4v) is 3.29. The summed E-state index contributed by atoms with van der Waals surface area (Å²) in [5, 5.41) is 0. The van der Waals surface area contributed by atoms with E-state index in [4.69, 9.17) is 0 Å². The Balaban J connectivity index is 2.05. The number of rotatable bonds is 5. The molecule has 0 radical (unpaired) electrons. The van der Waals surface area contributed by atoms with E-state index >= 15 is 0 Å². The molecule has 0 saturated carbocycles. The van der Waals surface area contributed by atoms with Gasteiger partial charge in [-0.15, -0.1) is 0 Å². The zero-order valence-corrected chi connectivity index (χ0v) is 13.6. The highest BCUT2D eigenvalue weighted by molar-refractivity contribution is 9.10. The third-order valence-corrected chi connectivity index (χ3v) is 5.48. The molecule has 20 heavy (non-hydrogen) atoms. The van der Waals surface area contributed by atoms with E-state index in [9.17, 15) is 8.42 Å². The van der Waals surface area contributed by atoms with Gasteiger partial charge < -0.3 is 0 Å². The summed E-state index contributed by atoms with van der Waals surface area (Å²) < 4.78 is 27.1. The normalized spacial score (nSPS) is 11.8. The van der Waals surface area contributed by atoms with Crippen LogP contribution in [0.25, 0.3) is 0 Å². The smallest absolute Gasteiger partial charge is 0.207 e. The summed E-state index contributed by atoms with van der Waals surface area (Å²) in [6, 6.07) is 16.4. The number of hydrogen-bond acceptors (Lipinski definition) is 2. The molecule has 0 aliphatic heterocycles. The first-order valence-corrected chi connectivity index (χ1v) is 8.49. The van der Waals surface area contributed by atoms with Crippen molar-refractivity contribution >= 4 is 26.0 Å². The molecule has 0 atom stereocenters. The molecular formula is C15H16BrNO2S. The van der Waals surface area contributed by atoms with E-state index in [2.05, 4.69) is 15.9 Å². The monoisotopic (exact) mass is 353 g/mol. The van der Waals surface area contributed by atoms with E-state index in [0.29, 0.717) is 17.9 Å². The fourth-order valence-electron chi connectivity index (χ4n) is 1.83. The van der Waals surface area contributed by atoms with Crippen LogP contribution in [0.3, 0.4) is 0 Å². The highest BCUT2D eigenvalue weighted by Gasteiger charge is 2.19. The molecule has 2 aromatic rings. The van der Waals surface area contributed by atoms with Gasteiger partial charge in [-0.05, 0) is 36.2 Å². The minimum absolute atomic E-state index is 0.332. The topological polar surface area (TPSA) is 37.4 Å². The van der Waals surface area contributed by atoms with Crippen molar-refractivity contribution in [1.82, 2.24) is 4.31 Å². The number of hydrogen-bond donors (Lipinski definition) is 0. The maximum atomic E-state index is 12.3. The number of halogens is 1. The third kappa shape index (κ3) is 3.69. The zero-order valence-electron chi connectivity index (χ0n) is 11.2. The molecule has 0 unspecified atom stereocenters. The van der Waals surface area contributed by atoms with Gasteiger partial charge >= 0.3 is 0 Å². The second-order valence-corrected chi connectivity index (χ2v) is 7.48. The van der Waals surface area contributed by atoms with Gasteiger partial charge in [0.1, 0.15) is 0 Å². The average molecular weight is 354 g/mol. The van der Waals surface area contributed by atoms with Gasteiger partial charge in [-0.25, -0.2) is 12.7 Å². The molecule has 0 aromatic heterocycles. The van der Waals surface area contributed by atoms with Gasteiger partial charge in [0.05, 0.1) is 4.90 Å². The van der Waals surface area contributed by atoms with Gasteiger partial charge in [0.15, 0.2) is 0 Å². The quantitative estimate of drug-likeness (QED) is 0.826. The predicted molar refractivity (Wildman–Crippen MR) is 84.1 cm³/mol. The summed E-state index contributed by atoms with van der Waals surface area (Å²) in [4.78, 5) is 0.332. The van der Waals surface area contributed by atoms with E-state index in [0.717, 1.165) is 10.0 Å². The van der Waals surface area contributed by atoms with E-state index in [-0.39, 0.29) is 0 Å². The molecule has 3 nitrogen and oxygen atoms in total. The second kappa shape index (κ2) is 6.52. The molecular weight excluding hydrogens is 338 g/mol. The van der Waals surface area contributed by atoms with Crippen LogP contribution >= 0.6 is 15.9 Å². The number of likely N-dealkylation sites (N-methyl/N-ethyl adjacent to an activating group) is 1. The Morgan fingerprint density at radius 3 is 2.20 bits per heavy atom. The first-order chi connectivity index (χ1) is 9.50. The lowest BCUT2D eigenvalue weighted by Crippen LogP contribution is -2.29. The summed E-state index contributed by atoms with van der Waals surface area (Å²) >= 11 is 3.38. The highest BCUT2D eigenvalue weighted by Crippen LogP contribution is 2.15. The van der Waals surface area contributed by atoms with Crippen molar-refractivity contribution in [2.45, 2.75) is 11.3 Å². The van der Waals surface area contributed by atoms with Crippen molar-refractivity contribution < 1.29 is 8.42 Å². The number of nitrogens with zero attached hydrogens (tertiary/aromatic N) is 1. The van der Waals surface area contributed by atoms with Crippen LogP contribution in [0.4, 0.5) is 0 Å². The van der Waals surface area contributed by atoms with Gasteiger partial charge in [-0.1, -0.05) is 46.3 Å². The minimum Gasteiger partial charge on any atom is -0.207 e. The summed E-state index contributed by atoms with van der Waals surface area (Å²) in [7, 11) is -1.78. The van der Waals surface area contributed by atoms with Gasteiger partial charge in [0.25, 0.3) is 0 Å². The Morgan fingerprint density at radius 1 is 1.00 bits per heavy atom. The molecule has 0 aliphatic rings. The Morgan fingerprint density at radius 2 is 1.60 bits per heavy atom. The maximum absolute atomic E-state index is 12.3. The van der Waals surface area contributed by atoms with Crippen LogP contribution in [-0.2, 0) is 16.4 Å². The first kappa shape index (κ1) is 15.2. The van der Waals surface area contributed by atoms with E-state index in [1.807, 2.05) is 24.3 Å².